The van der Waals surface area contributed by atoms with Crippen molar-refractivity contribution in [2.24, 2.45) is 0 Å². The molecule has 0 amide bonds. The summed E-state index contributed by atoms with van der Waals surface area (Å²) in [6, 6.07) is 7.05. The number of nitrogens with one attached hydrogen (secondary N) is 1. The van der Waals surface area contributed by atoms with Crippen LogP contribution in [0.5, 0.6) is 11.5 Å². The number of nitrogens with zero attached hydrogens (tertiary/aromatic N) is 1. The molecular weight excluding hydrogens is 262 g/mol. The van der Waals surface area contributed by atoms with E-state index < -0.39 is 11.6 Å². The quantitative estimate of drug-likeness (QED) is 0.908. The molecule has 1 heterocycles. The topological polar surface area (TPSA) is 34.1 Å². The number of pyridine rings is 1. The van der Waals surface area contributed by atoms with Gasteiger partial charge in [-0.15, -0.1) is 0 Å². The van der Waals surface area contributed by atoms with E-state index in [4.69, 9.17) is 4.74 Å². The molecule has 5 heteroatoms. The van der Waals surface area contributed by atoms with Gasteiger partial charge in [-0.25, -0.2) is 8.78 Å². The van der Waals surface area contributed by atoms with Crippen LogP contribution in [0.15, 0.2) is 36.5 Å². The fourth-order valence-electron chi connectivity index (χ4n) is 1.83. The molecule has 2 aromatic rings. The predicted octanol–water partition coefficient (Wildman–Crippen LogP) is 3.40. The van der Waals surface area contributed by atoms with Crippen molar-refractivity contribution < 1.29 is 13.5 Å². The summed E-state index contributed by atoms with van der Waals surface area (Å²) in [7, 11) is 0. The molecule has 1 aliphatic carbocycles. The molecule has 3 rings (SSSR count). The fourth-order valence-corrected chi connectivity index (χ4v) is 1.83. The Labute approximate surface area is 115 Å². The minimum atomic E-state index is -0.596. The lowest BCUT2D eigenvalue weighted by molar-refractivity contribution is 0.435. The van der Waals surface area contributed by atoms with Crippen LogP contribution in [0.25, 0.3) is 0 Å². The smallest absolute Gasteiger partial charge is 0.165 e. The summed E-state index contributed by atoms with van der Waals surface area (Å²) < 4.78 is 31.9. The zero-order chi connectivity index (χ0) is 13.9. The van der Waals surface area contributed by atoms with Crippen LogP contribution >= 0.6 is 0 Å². The lowest BCUT2D eigenvalue weighted by atomic mass is 10.3. The van der Waals surface area contributed by atoms with Crippen LogP contribution in [0.1, 0.15) is 18.5 Å². The molecule has 3 nitrogen and oxygen atoms in total. The molecule has 1 aromatic carbocycles. The number of aromatic nitrogens is 1. The van der Waals surface area contributed by atoms with Gasteiger partial charge in [0.15, 0.2) is 11.6 Å². The van der Waals surface area contributed by atoms with Gasteiger partial charge in [-0.1, -0.05) is 0 Å². The van der Waals surface area contributed by atoms with Crippen LogP contribution in [0.3, 0.4) is 0 Å². The molecule has 0 saturated heterocycles. The number of ether oxygens (including phenoxy) is 1. The number of benzene rings is 1. The molecule has 1 aliphatic rings. The Kier molecular flexibility index (Phi) is 3.60. The normalized spacial score (nSPS) is 14.3. The predicted molar refractivity (Wildman–Crippen MR) is 70.5 cm³/mol. The Hall–Kier alpha value is -2.01. The van der Waals surface area contributed by atoms with Crippen LogP contribution in [-0.4, -0.2) is 11.0 Å². The highest BCUT2D eigenvalue weighted by molar-refractivity contribution is 5.32. The Morgan fingerprint density at radius 1 is 1.20 bits per heavy atom. The van der Waals surface area contributed by atoms with Crippen molar-refractivity contribution in [1.29, 1.82) is 0 Å². The van der Waals surface area contributed by atoms with Gasteiger partial charge in [0, 0.05) is 30.9 Å². The Morgan fingerprint density at radius 3 is 2.85 bits per heavy atom. The number of hydrogen-bond acceptors (Lipinski definition) is 3. The van der Waals surface area contributed by atoms with Crippen LogP contribution < -0.4 is 10.1 Å². The lowest BCUT2D eigenvalue weighted by Gasteiger charge is -2.08. The van der Waals surface area contributed by atoms with E-state index in [1.165, 1.54) is 12.8 Å². The molecule has 0 atom stereocenters. The third-order valence-electron chi connectivity index (χ3n) is 3.06. The highest BCUT2D eigenvalue weighted by Gasteiger charge is 2.20. The Morgan fingerprint density at radius 2 is 2.05 bits per heavy atom. The zero-order valence-corrected chi connectivity index (χ0v) is 10.8. The van der Waals surface area contributed by atoms with Crippen LogP contribution in [-0.2, 0) is 6.54 Å². The summed E-state index contributed by atoms with van der Waals surface area (Å²) in [5.41, 5.74) is 0.811. The second kappa shape index (κ2) is 5.54. The molecule has 104 valence electrons. The summed E-state index contributed by atoms with van der Waals surface area (Å²) in [6.45, 7) is 0.646. The summed E-state index contributed by atoms with van der Waals surface area (Å²) in [5.74, 6) is -0.818. The first-order valence-electron chi connectivity index (χ1n) is 6.52. The van der Waals surface area contributed by atoms with Crippen molar-refractivity contribution in [2.45, 2.75) is 25.4 Å². The summed E-state index contributed by atoms with van der Waals surface area (Å²) in [5, 5.41) is 3.33. The minimum absolute atomic E-state index is 0.127. The molecule has 1 saturated carbocycles. The van der Waals surface area contributed by atoms with E-state index in [1.54, 1.807) is 18.3 Å². The van der Waals surface area contributed by atoms with E-state index in [1.807, 2.05) is 0 Å². The van der Waals surface area contributed by atoms with Crippen molar-refractivity contribution in [2.75, 3.05) is 0 Å². The van der Waals surface area contributed by atoms with E-state index in [2.05, 4.69) is 10.3 Å². The van der Waals surface area contributed by atoms with Gasteiger partial charge in [-0.2, -0.15) is 0 Å². The number of halogens is 2. The van der Waals surface area contributed by atoms with Gasteiger partial charge in [0.25, 0.3) is 0 Å². The van der Waals surface area contributed by atoms with Crippen LogP contribution in [0.4, 0.5) is 8.78 Å². The van der Waals surface area contributed by atoms with Gasteiger partial charge >= 0.3 is 0 Å². The van der Waals surface area contributed by atoms with Gasteiger partial charge in [-0.05, 0) is 31.0 Å². The monoisotopic (exact) mass is 276 g/mol. The largest absolute Gasteiger partial charge is 0.454 e. The molecule has 1 fully saturated rings. The van der Waals surface area contributed by atoms with Gasteiger partial charge in [0.05, 0.1) is 5.69 Å². The maximum Gasteiger partial charge on any atom is 0.165 e. The van der Waals surface area contributed by atoms with E-state index in [9.17, 15) is 8.78 Å². The standard InChI is InChI=1S/C15H14F2N2O/c16-10-1-4-14(17)15(7-10)20-13-5-6-18-12(8-13)9-19-11-2-3-11/h1,4-8,11,19H,2-3,9H2. The van der Waals surface area contributed by atoms with Crippen molar-refractivity contribution in [3.8, 4) is 11.5 Å². The van der Waals surface area contributed by atoms with Crippen molar-refractivity contribution in [3.63, 3.8) is 0 Å². The van der Waals surface area contributed by atoms with E-state index in [0.717, 1.165) is 23.9 Å². The van der Waals surface area contributed by atoms with Gasteiger partial charge in [0.1, 0.15) is 11.6 Å². The van der Waals surface area contributed by atoms with Gasteiger partial charge in [-0.3, -0.25) is 4.98 Å². The van der Waals surface area contributed by atoms with Gasteiger partial charge < -0.3 is 10.1 Å². The highest BCUT2D eigenvalue weighted by atomic mass is 19.1. The van der Waals surface area contributed by atoms with Crippen molar-refractivity contribution >= 4 is 0 Å². The fraction of sp³-hybridized carbons (Fsp3) is 0.267. The van der Waals surface area contributed by atoms with Gasteiger partial charge in [0.2, 0.25) is 0 Å². The Bertz CT molecular complexity index is 615. The third kappa shape index (κ3) is 3.30. The maximum atomic E-state index is 13.5. The molecule has 0 unspecified atom stereocenters. The third-order valence-corrected chi connectivity index (χ3v) is 3.06. The number of hydrogen-bond donors (Lipinski definition) is 1. The molecule has 0 radical (unpaired) electrons. The second-order valence-corrected chi connectivity index (χ2v) is 4.81. The average Bonchev–Trinajstić information content (AvgIpc) is 3.25. The maximum absolute atomic E-state index is 13.5. The molecule has 0 aliphatic heterocycles. The first-order valence-corrected chi connectivity index (χ1v) is 6.52. The average molecular weight is 276 g/mol. The van der Waals surface area contributed by atoms with Crippen molar-refractivity contribution in [3.05, 3.63) is 53.9 Å². The zero-order valence-electron chi connectivity index (χ0n) is 10.8. The van der Waals surface area contributed by atoms with E-state index in [0.29, 0.717) is 18.3 Å². The minimum Gasteiger partial charge on any atom is -0.454 e. The van der Waals surface area contributed by atoms with Crippen LogP contribution in [0.2, 0.25) is 0 Å². The molecule has 1 aromatic heterocycles. The van der Waals surface area contributed by atoms with E-state index >= 15 is 0 Å². The van der Waals surface area contributed by atoms with E-state index in [-0.39, 0.29) is 5.75 Å². The number of rotatable bonds is 5. The molecule has 20 heavy (non-hydrogen) atoms. The first kappa shape index (κ1) is 13.0. The second-order valence-electron chi connectivity index (χ2n) is 4.81. The summed E-state index contributed by atoms with van der Waals surface area (Å²) >= 11 is 0. The SMILES string of the molecule is Fc1ccc(F)c(Oc2ccnc(CNC3CC3)c2)c1. The summed E-state index contributed by atoms with van der Waals surface area (Å²) in [4.78, 5) is 4.21. The molecule has 0 bridgehead atoms. The highest BCUT2D eigenvalue weighted by Crippen LogP contribution is 2.25. The summed E-state index contributed by atoms with van der Waals surface area (Å²) in [6.07, 6.45) is 3.99. The first-order chi connectivity index (χ1) is 9.70. The van der Waals surface area contributed by atoms with Crippen molar-refractivity contribution in [1.82, 2.24) is 10.3 Å². The molecular formula is C15H14F2N2O. The van der Waals surface area contributed by atoms with Crippen LogP contribution in [0, 0.1) is 11.6 Å². The molecule has 0 spiro atoms. The lowest BCUT2D eigenvalue weighted by Crippen LogP contribution is -2.16. The Balaban J connectivity index is 1.72. The molecule has 1 N–H and O–H groups in total.